The minimum atomic E-state index is -4.79. The largest absolute Gasteiger partial charge is 0.500 e. The molecule has 0 aromatic heterocycles. The Hall–Kier alpha value is -2.89. The predicted molar refractivity (Wildman–Crippen MR) is 67.8 cm³/mol. The molecular weight excluding hydrogens is 305 g/mol. The number of carbonyl (C=O) groups is 1. The van der Waals surface area contributed by atoms with Crippen LogP contribution in [0.2, 0.25) is 0 Å². The molecule has 0 atom stereocenters. The molecule has 116 valence electrons. The molecule has 1 rings (SSSR count). The third kappa shape index (κ3) is 3.82. The van der Waals surface area contributed by atoms with Crippen molar-refractivity contribution in [3.05, 3.63) is 51.3 Å². The number of benzene rings is 1. The van der Waals surface area contributed by atoms with Gasteiger partial charge in [0.1, 0.15) is 23.5 Å². The molecule has 0 aliphatic heterocycles. The molecule has 0 aliphatic carbocycles. The fourth-order valence-electron chi connectivity index (χ4n) is 1.49. The minimum absolute atomic E-state index is 0.146. The number of allylic oxidation sites excluding steroid dienone is 1. The zero-order valence-electron chi connectivity index (χ0n) is 11.2. The molecule has 0 fully saturated rings. The summed E-state index contributed by atoms with van der Waals surface area (Å²) in [4.78, 5) is 21.8. The van der Waals surface area contributed by atoms with Crippen LogP contribution in [-0.2, 0) is 10.9 Å². The Morgan fingerprint density at radius 2 is 2.14 bits per heavy atom. The van der Waals surface area contributed by atoms with Crippen molar-refractivity contribution >= 4 is 11.5 Å². The molecule has 0 aliphatic rings. The first kappa shape index (κ1) is 17.2. The van der Waals surface area contributed by atoms with Gasteiger partial charge >= 0.3 is 6.18 Å². The van der Waals surface area contributed by atoms with Crippen molar-refractivity contribution in [1.29, 1.82) is 5.26 Å². The van der Waals surface area contributed by atoms with E-state index >= 15 is 0 Å². The highest BCUT2D eigenvalue weighted by molar-refractivity contribution is 6.13. The Labute approximate surface area is 122 Å². The zero-order valence-corrected chi connectivity index (χ0v) is 11.2. The third-order valence-electron chi connectivity index (χ3n) is 2.50. The molecule has 0 saturated heterocycles. The molecule has 0 saturated carbocycles. The van der Waals surface area contributed by atoms with Gasteiger partial charge in [0.15, 0.2) is 0 Å². The number of hydrogen-bond donors (Lipinski definition) is 0. The van der Waals surface area contributed by atoms with E-state index in [0.29, 0.717) is 12.1 Å². The summed E-state index contributed by atoms with van der Waals surface area (Å²) < 4.78 is 42.4. The van der Waals surface area contributed by atoms with Gasteiger partial charge in [0.05, 0.1) is 17.1 Å². The first-order valence-corrected chi connectivity index (χ1v) is 5.84. The van der Waals surface area contributed by atoms with Crippen LogP contribution in [0.1, 0.15) is 22.8 Å². The first-order chi connectivity index (χ1) is 10.2. The van der Waals surface area contributed by atoms with Crippen LogP contribution in [0.5, 0.6) is 0 Å². The number of Topliss-reactive ketones (excluding diaryl/α,β-unsaturated/α-hetero) is 1. The number of ketones is 1. The van der Waals surface area contributed by atoms with Gasteiger partial charge in [-0.15, -0.1) is 0 Å². The van der Waals surface area contributed by atoms with Crippen LogP contribution in [0.4, 0.5) is 18.9 Å². The molecule has 0 bridgehead atoms. The topological polar surface area (TPSA) is 93.2 Å². The van der Waals surface area contributed by atoms with Gasteiger partial charge in [-0.1, -0.05) is 0 Å². The van der Waals surface area contributed by atoms with Gasteiger partial charge in [0.25, 0.3) is 5.69 Å². The van der Waals surface area contributed by atoms with Crippen molar-refractivity contribution in [3.8, 4) is 6.07 Å². The van der Waals surface area contributed by atoms with Crippen LogP contribution in [0.15, 0.2) is 30.0 Å². The Kier molecular flexibility index (Phi) is 5.23. The molecule has 0 spiro atoms. The van der Waals surface area contributed by atoms with E-state index in [1.165, 1.54) is 6.07 Å². The molecule has 0 radical (unpaired) electrons. The summed E-state index contributed by atoms with van der Waals surface area (Å²) >= 11 is 0. The smallest absolute Gasteiger partial charge is 0.416 e. The normalized spacial score (nSPS) is 11.7. The van der Waals surface area contributed by atoms with E-state index in [1.54, 1.807) is 6.92 Å². The maximum absolute atomic E-state index is 12.6. The lowest BCUT2D eigenvalue weighted by Gasteiger charge is -2.08. The molecule has 1 aromatic carbocycles. The van der Waals surface area contributed by atoms with E-state index in [1.807, 2.05) is 0 Å². The summed E-state index contributed by atoms with van der Waals surface area (Å²) in [5.41, 5.74) is -3.46. The number of ether oxygens (including phenoxy) is 1. The summed E-state index contributed by atoms with van der Waals surface area (Å²) in [5.74, 6) is -1.09. The number of halogens is 3. The molecule has 1 aromatic rings. The maximum atomic E-state index is 12.6. The monoisotopic (exact) mass is 314 g/mol. The first-order valence-electron chi connectivity index (χ1n) is 5.84. The van der Waals surface area contributed by atoms with Gasteiger partial charge < -0.3 is 4.74 Å². The fraction of sp³-hybridized carbons (Fsp3) is 0.231. The number of alkyl halides is 3. The lowest BCUT2D eigenvalue weighted by Crippen LogP contribution is -2.10. The van der Waals surface area contributed by atoms with Crippen molar-refractivity contribution in [2.24, 2.45) is 0 Å². The standard InChI is InChI=1S/C13H9F3N2O4/c1-2-22-7-8(6-17)12(19)10-4-3-9(13(14,15)16)5-11(10)18(20)21/h3-5,7H,2H2,1H3/b8-7-. The molecule has 0 amide bonds. The van der Waals surface area contributed by atoms with E-state index in [9.17, 15) is 28.1 Å². The van der Waals surface area contributed by atoms with Gasteiger partial charge in [-0.2, -0.15) is 18.4 Å². The van der Waals surface area contributed by atoms with Crippen molar-refractivity contribution in [2.75, 3.05) is 6.61 Å². The van der Waals surface area contributed by atoms with Gasteiger partial charge in [-0.05, 0) is 19.1 Å². The molecular formula is C13H9F3N2O4. The second kappa shape index (κ2) is 6.71. The number of nitro groups is 1. The lowest BCUT2D eigenvalue weighted by molar-refractivity contribution is -0.385. The number of nitriles is 1. The van der Waals surface area contributed by atoms with E-state index in [2.05, 4.69) is 0 Å². The van der Waals surface area contributed by atoms with Crippen LogP contribution < -0.4 is 0 Å². The SMILES string of the molecule is CCO/C=C(/C#N)C(=O)c1ccc(C(F)(F)F)cc1[N+](=O)[O-]. The molecule has 22 heavy (non-hydrogen) atoms. The Morgan fingerprint density at radius 3 is 2.59 bits per heavy atom. The highest BCUT2D eigenvalue weighted by atomic mass is 19.4. The van der Waals surface area contributed by atoms with Crippen molar-refractivity contribution in [1.82, 2.24) is 0 Å². The Balaban J connectivity index is 3.39. The highest BCUT2D eigenvalue weighted by Gasteiger charge is 2.34. The zero-order chi connectivity index (χ0) is 16.9. The summed E-state index contributed by atoms with van der Waals surface area (Å²) in [6.07, 6.45) is -3.98. The average molecular weight is 314 g/mol. The van der Waals surface area contributed by atoms with E-state index in [4.69, 9.17) is 10.00 Å². The van der Waals surface area contributed by atoms with E-state index in [-0.39, 0.29) is 12.7 Å². The summed E-state index contributed by atoms with van der Waals surface area (Å²) in [7, 11) is 0. The number of rotatable bonds is 5. The molecule has 6 nitrogen and oxygen atoms in total. The number of nitrogens with zero attached hydrogens (tertiary/aromatic N) is 2. The number of hydrogen-bond acceptors (Lipinski definition) is 5. The van der Waals surface area contributed by atoms with E-state index in [0.717, 1.165) is 6.26 Å². The summed E-state index contributed by atoms with van der Waals surface area (Å²) in [6, 6.07) is 2.95. The van der Waals surface area contributed by atoms with Crippen molar-refractivity contribution in [3.63, 3.8) is 0 Å². The molecule has 0 heterocycles. The minimum Gasteiger partial charge on any atom is -0.500 e. The van der Waals surface area contributed by atoms with Gasteiger partial charge in [-0.3, -0.25) is 14.9 Å². The quantitative estimate of drug-likeness (QED) is 0.208. The number of nitro benzene ring substituents is 1. The summed E-state index contributed by atoms with van der Waals surface area (Å²) in [6.45, 7) is 1.73. The predicted octanol–water partition coefficient (Wildman–Crippen LogP) is 3.24. The Morgan fingerprint density at radius 1 is 1.50 bits per heavy atom. The third-order valence-corrected chi connectivity index (χ3v) is 2.50. The highest BCUT2D eigenvalue weighted by Crippen LogP contribution is 2.33. The molecule has 9 heteroatoms. The van der Waals surface area contributed by atoms with Gasteiger partial charge in [0, 0.05) is 6.07 Å². The van der Waals surface area contributed by atoms with Crippen LogP contribution in [0.3, 0.4) is 0 Å². The average Bonchev–Trinajstić information content (AvgIpc) is 2.46. The van der Waals surface area contributed by atoms with Crippen LogP contribution in [-0.4, -0.2) is 17.3 Å². The molecule has 0 unspecified atom stereocenters. The molecule has 0 N–H and O–H groups in total. The summed E-state index contributed by atoms with van der Waals surface area (Å²) in [5, 5.41) is 19.7. The second-order valence-electron chi connectivity index (χ2n) is 3.91. The second-order valence-corrected chi connectivity index (χ2v) is 3.91. The van der Waals surface area contributed by atoms with Gasteiger partial charge in [-0.25, -0.2) is 0 Å². The van der Waals surface area contributed by atoms with Crippen LogP contribution >= 0.6 is 0 Å². The van der Waals surface area contributed by atoms with Crippen molar-refractivity contribution in [2.45, 2.75) is 13.1 Å². The van der Waals surface area contributed by atoms with Crippen molar-refractivity contribution < 1.29 is 27.6 Å². The Bertz CT molecular complexity index is 675. The van der Waals surface area contributed by atoms with E-state index < -0.39 is 39.3 Å². The lowest BCUT2D eigenvalue weighted by atomic mass is 10.0. The fourth-order valence-corrected chi connectivity index (χ4v) is 1.49. The van der Waals surface area contributed by atoms with Crippen LogP contribution in [0.25, 0.3) is 0 Å². The number of carbonyl (C=O) groups excluding carboxylic acids is 1. The van der Waals surface area contributed by atoms with Gasteiger partial charge in [0.2, 0.25) is 5.78 Å². The van der Waals surface area contributed by atoms with Crippen LogP contribution in [0, 0.1) is 21.4 Å². The maximum Gasteiger partial charge on any atom is 0.416 e.